The van der Waals surface area contributed by atoms with Crippen molar-refractivity contribution in [2.75, 3.05) is 0 Å². The highest BCUT2D eigenvalue weighted by Crippen LogP contribution is 2.21. The largest absolute Gasteiger partial charge is 0.423 e. The molecule has 0 amide bonds. The van der Waals surface area contributed by atoms with Crippen molar-refractivity contribution in [2.24, 2.45) is 0 Å². The van der Waals surface area contributed by atoms with Crippen LogP contribution in [0.3, 0.4) is 0 Å². The molecule has 0 fully saturated rings. The van der Waals surface area contributed by atoms with E-state index >= 15 is 0 Å². The lowest BCUT2D eigenvalue weighted by atomic mass is 10.0. The Bertz CT molecular complexity index is 1060. The standard InChI is InChI=1S/C21H14FNO5/c1-13-12-16(6-11-19(13)23(26)27)21(25)28-18-9-4-15(5-10-18)20(24)14-2-7-17(22)8-3-14/h2-12H,1H3. The van der Waals surface area contributed by atoms with Crippen LogP contribution in [0.4, 0.5) is 10.1 Å². The molecule has 0 bridgehead atoms. The van der Waals surface area contributed by atoms with E-state index in [1.165, 1.54) is 73.7 Å². The van der Waals surface area contributed by atoms with Gasteiger partial charge in [0.25, 0.3) is 5.69 Å². The summed E-state index contributed by atoms with van der Waals surface area (Å²) in [5, 5.41) is 10.8. The highest BCUT2D eigenvalue weighted by Gasteiger charge is 2.16. The van der Waals surface area contributed by atoms with Gasteiger partial charge in [-0.3, -0.25) is 14.9 Å². The number of nitro benzene ring substituents is 1. The Morgan fingerprint density at radius 2 is 1.43 bits per heavy atom. The van der Waals surface area contributed by atoms with E-state index in [0.717, 1.165) is 0 Å². The van der Waals surface area contributed by atoms with Crippen LogP contribution in [0.1, 0.15) is 31.8 Å². The first kappa shape index (κ1) is 18.9. The predicted molar refractivity (Wildman–Crippen MR) is 99.1 cm³/mol. The minimum atomic E-state index is -0.671. The van der Waals surface area contributed by atoms with Crippen LogP contribution in [-0.2, 0) is 0 Å². The van der Waals surface area contributed by atoms with Crippen LogP contribution >= 0.6 is 0 Å². The number of ether oxygens (including phenoxy) is 1. The number of halogens is 1. The molecule has 0 spiro atoms. The molecule has 3 aromatic rings. The lowest BCUT2D eigenvalue weighted by Crippen LogP contribution is -2.09. The number of ketones is 1. The van der Waals surface area contributed by atoms with E-state index in [4.69, 9.17) is 4.74 Å². The van der Waals surface area contributed by atoms with Gasteiger partial charge < -0.3 is 4.74 Å². The van der Waals surface area contributed by atoms with Crippen molar-refractivity contribution in [3.05, 3.63) is 105 Å². The summed E-state index contributed by atoms with van der Waals surface area (Å²) in [6.45, 7) is 1.53. The first-order chi connectivity index (χ1) is 13.3. The molecule has 0 atom stereocenters. The van der Waals surface area contributed by atoms with Gasteiger partial charge in [0.15, 0.2) is 5.78 Å². The molecule has 0 heterocycles. The number of benzene rings is 3. The van der Waals surface area contributed by atoms with Crippen LogP contribution in [0.25, 0.3) is 0 Å². The molecule has 0 aromatic heterocycles. The minimum Gasteiger partial charge on any atom is -0.423 e. The number of esters is 1. The molecule has 0 saturated heterocycles. The number of rotatable bonds is 5. The lowest BCUT2D eigenvalue weighted by Gasteiger charge is -2.07. The molecule has 0 aliphatic rings. The van der Waals surface area contributed by atoms with Gasteiger partial charge in [0.1, 0.15) is 11.6 Å². The summed E-state index contributed by atoms with van der Waals surface area (Å²) < 4.78 is 18.2. The quantitative estimate of drug-likeness (QED) is 0.214. The zero-order valence-electron chi connectivity index (χ0n) is 14.7. The number of nitro groups is 1. The maximum Gasteiger partial charge on any atom is 0.343 e. The average molecular weight is 379 g/mol. The van der Waals surface area contributed by atoms with Gasteiger partial charge in [0, 0.05) is 22.8 Å². The maximum atomic E-state index is 13.0. The average Bonchev–Trinajstić information content (AvgIpc) is 2.68. The summed E-state index contributed by atoms with van der Waals surface area (Å²) in [6.07, 6.45) is 0. The van der Waals surface area contributed by atoms with Gasteiger partial charge in [-0.1, -0.05) is 0 Å². The Balaban J connectivity index is 1.72. The Labute approximate surface area is 159 Å². The van der Waals surface area contributed by atoms with Crippen LogP contribution in [0.2, 0.25) is 0 Å². The van der Waals surface area contributed by atoms with Crippen LogP contribution in [0.15, 0.2) is 66.7 Å². The summed E-state index contributed by atoms with van der Waals surface area (Å²) in [4.78, 5) is 34.9. The van der Waals surface area contributed by atoms with Crippen LogP contribution in [0.5, 0.6) is 5.75 Å². The molecule has 3 rings (SSSR count). The lowest BCUT2D eigenvalue weighted by molar-refractivity contribution is -0.385. The van der Waals surface area contributed by atoms with E-state index in [2.05, 4.69) is 0 Å². The summed E-state index contributed by atoms with van der Waals surface area (Å²) in [7, 11) is 0. The Morgan fingerprint density at radius 3 is 1.96 bits per heavy atom. The van der Waals surface area contributed by atoms with E-state index in [1.54, 1.807) is 0 Å². The molecule has 0 saturated carbocycles. The molecule has 0 aliphatic heterocycles. The van der Waals surface area contributed by atoms with Gasteiger partial charge in [0.05, 0.1) is 10.5 Å². The highest BCUT2D eigenvalue weighted by molar-refractivity contribution is 6.09. The first-order valence-corrected chi connectivity index (χ1v) is 8.23. The number of hydrogen-bond acceptors (Lipinski definition) is 5. The number of carbonyl (C=O) groups excluding carboxylic acids is 2. The summed E-state index contributed by atoms with van der Waals surface area (Å²) in [6, 6.07) is 15.1. The molecule has 0 aliphatic carbocycles. The van der Waals surface area contributed by atoms with Crippen LogP contribution < -0.4 is 4.74 Å². The van der Waals surface area contributed by atoms with E-state index in [0.29, 0.717) is 16.7 Å². The van der Waals surface area contributed by atoms with Crippen molar-refractivity contribution in [3.63, 3.8) is 0 Å². The number of nitrogens with zero attached hydrogens (tertiary/aromatic N) is 1. The number of carbonyl (C=O) groups is 2. The first-order valence-electron chi connectivity index (χ1n) is 8.23. The number of aryl methyl sites for hydroxylation is 1. The van der Waals surface area contributed by atoms with Crippen molar-refractivity contribution in [2.45, 2.75) is 6.92 Å². The normalized spacial score (nSPS) is 10.4. The van der Waals surface area contributed by atoms with Gasteiger partial charge >= 0.3 is 5.97 Å². The van der Waals surface area contributed by atoms with Crippen molar-refractivity contribution >= 4 is 17.4 Å². The van der Waals surface area contributed by atoms with Crippen molar-refractivity contribution in [1.29, 1.82) is 0 Å². The van der Waals surface area contributed by atoms with Gasteiger partial charge in [0.2, 0.25) is 0 Å². The Morgan fingerprint density at radius 1 is 0.893 bits per heavy atom. The van der Waals surface area contributed by atoms with E-state index in [1.807, 2.05) is 0 Å². The van der Waals surface area contributed by atoms with E-state index < -0.39 is 16.7 Å². The fraction of sp³-hybridized carbons (Fsp3) is 0.0476. The van der Waals surface area contributed by atoms with Crippen LogP contribution in [0, 0.1) is 22.9 Å². The zero-order chi connectivity index (χ0) is 20.3. The topological polar surface area (TPSA) is 86.5 Å². The summed E-state index contributed by atoms with van der Waals surface area (Å²) >= 11 is 0. The maximum absolute atomic E-state index is 13.0. The van der Waals surface area contributed by atoms with E-state index in [9.17, 15) is 24.1 Å². The SMILES string of the molecule is Cc1cc(C(=O)Oc2ccc(C(=O)c3ccc(F)cc3)cc2)ccc1[N+](=O)[O-]. The highest BCUT2D eigenvalue weighted by atomic mass is 19.1. The molecule has 0 N–H and O–H groups in total. The molecule has 7 heteroatoms. The second kappa shape index (κ2) is 7.79. The second-order valence-corrected chi connectivity index (χ2v) is 6.01. The monoisotopic (exact) mass is 379 g/mol. The second-order valence-electron chi connectivity index (χ2n) is 6.01. The molecule has 0 unspecified atom stereocenters. The fourth-order valence-electron chi connectivity index (χ4n) is 2.60. The summed E-state index contributed by atoms with van der Waals surface area (Å²) in [5.74, 6) is -1.17. The third kappa shape index (κ3) is 4.09. The molecule has 28 heavy (non-hydrogen) atoms. The molecule has 3 aromatic carbocycles. The Kier molecular flexibility index (Phi) is 5.26. The zero-order valence-corrected chi connectivity index (χ0v) is 14.7. The van der Waals surface area contributed by atoms with Gasteiger partial charge in [-0.25, -0.2) is 9.18 Å². The smallest absolute Gasteiger partial charge is 0.343 e. The van der Waals surface area contributed by atoms with Gasteiger partial charge in [-0.2, -0.15) is 0 Å². The number of hydrogen-bond donors (Lipinski definition) is 0. The van der Waals surface area contributed by atoms with Crippen LogP contribution in [-0.4, -0.2) is 16.7 Å². The summed E-state index contributed by atoms with van der Waals surface area (Å²) in [5.41, 5.74) is 1.14. The fourth-order valence-corrected chi connectivity index (χ4v) is 2.60. The van der Waals surface area contributed by atoms with Crippen molar-refractivity contribution in [1.82, 2.24) is 0 Å². The predicted octanol–water partition coefficient (Wildman–Crippen LogP) is 4.49. The molecule has 0 radical (unpaired) electrons. The van der Waals surface area contributed by atoms with E-state index in [-0.39, 0.29) is 22.8 Å². The molecular weight excluding hydrogens is 365 g/mol. The minimum absolute atomic E-state index is 0.0831. The molecule has 140 valence electrons. The molecule has 6 nitrogen and oxygen atoms in total. The van der Waals surface area contributed by atoms with Gasteiger partial charge in [-0.15, -0.1) is 0 Å². The van der Waals surface area contributed by atoms with Crippen molar-refractivity contribution in [3.8, 4) is 5.75 Å². The van der Waals surface area contributed by atoms with Crippen molar-refractivity contribution < 1.29 is 23.6 Å². The third-order valence-electron chi connectivity index (χ3n) is 4.06. The van der Waals surface area contributed by atoms with Gasteiger partial charge in [-0.05, 0) is 67.6 Å². The molecular formula is C21H14FNO5. The Hall–Kier alpha value is -3.87. The third-order valence-corrected chi connectivity index (χ3v) is 4.06.